The maximum Gasteiger partial charge on any atom is 0.330 e. The zero-order valence-electron chi connectivity index (χ0n) is 12.6. The minimum Gasteiger partial charge on any atom is -0.396 e. The van der Waals surface area contributed by atoms with Crippen LogP contribution in [0.3, 0.4) is 0 Å². The van der Waals surface area contributed by atoms with Crippen LogP contribution >= 0.6 is 11.8 Å². The van der Waals surface area contributed by atoms with E-state index in [9.17, 15) is 9.59 Å². The van der Waals surface area contributed by atoms with Crippen LogP contribution in [0.15, 0.2) is 14.6 Å². The quantitative estimate of drug-likeness (QED) is 0.467. The third-order valence-corrected chi connectivity index (χ3v) is 5.23. The van der Waals surface area contributed by atoms with Gasteiger partial charge in [0.25, 0.3) is 5.56 Å². The van der Waals surface area contributed by atoms with Crippen LogP contribution in [0.25, 0.3) is 11.0 Å². The number of rotatable bonds is 6. The fraction of sp³-hybridized carbons (Fsp3) is 0.600. The van der Waals surface area contributed by atoms with Crippen molar-refractivity contribution in [1.82, 2.24) is 19.5 Å². The highest BCUT2D eigenvalue weighted by Gasteiger charge is 2.32. The standard InChI is InChI=1S/C15H18N4O3S/c20-6-1-7-23-14-10-12(16-11(17-14)8-2-3-8)19(9-4-5-9)15(22)18-13(10)21/h8-9,20H,1-7H2,(H,18,21,22). The molecule has 2 aliphatic carbocycles. The predicted molar refractivity (Wildman–Crippen MR) is 87.1 cm³/mol. The number of aromatic nitrogens is 4. The van der Waals surface area contributed by atoms with Crippen LogP contribution < -0.4 is 11.2 Å². The average Bonchev–Trinajstić information content (AvgIpc) is 3.38. The molecular formula is C15H18N4O3S. The van der Waals surface area contributed by atoms with Crippen LogP contribution in [0, 0.1) is 0 Å². The lowest BCUT2D eigenvalue weighted by molar-refractivity contribution is 0.296. The topological polar surface area (TPSA) is 101 Å². The first kappa shape index (κ1) is 14.9. The summed E-state index contributed by atoms with van der Waals surface area (Å²) in [6.45, 7) is 0.106. The Morgan fingerprint density at radius 1 is 1.22 bits per heavy atom. The van der Waals surface area contributed by atoms with Gasteiger partial charge in [0.15, 0.2) is 5.65 Å². The molecule has 122 valence electrons. The molecule has 23 heavy (non-hydrogen) atoms. The Morgan fingerprint density at radius 3 is 2.65 bits per heavy atom. The van der Waals surface area contributed by atoms with Gasteiger partial charge in [-0.05, 0) is 32.1 Å². The van der Waals surface area contributed by atoms with Gasteiger partial charge in [-0.15, -0.1) is 11.8 Å². The van der Waals surface area contributed by atoms with Crippen LogP contribution in [-0.2, 0) is 0 Å². The predicted octanol–water partition coefficient (Wildman–Crippen LogP) is 1.17. The van der Waals surface area contributed by atoms with Crippen molar-refractivity contribution < 1.29 is 5.11 Å². The fourth-order valence-corrected chi connectivity index (χ4v) is 3.62. The van der Waals surface area contributed by atoms with Gasteiger partial charge >= 0.3 is 5.69 Å². The van der Waals surface area contributed by atoms with E-state index >= 15 is 0 Å². The minimum atomic E-state index is -0.421. The van der Waals surface area contributed by atoms with Gasteiger partial charge in [0, 0.05) is 24.3 Å². The summed E-state index contributed by atoms with van der Waals surface area (Å²) < 4.78 is 1.63. The molecule has 0 bridgehead atoms. The van der Waals surface area contributed by atoms with Crippen molar-refractivity contribution in [2.24, 2.45) is 0 Å². The largest absolute Gasteiger partial charge is 0.396 e. The van der Waals surface area contributed by atoms with E-state index in [-0.39, 0.29) is 18.3 Å². The molecule has 2 aromatic heterocycles. The van der Waals surface area contributed by atoms with E-state index in [0.29, 0.717) is 34.2 Å². The van der Waals surface area contributed by atoms with Crippen molar-refractivity contribution in [3.63, 3.8) is 0 Å². The average molecular weight is 334 g/mol. The summed E-state index contributed by atoms with van der Waals surface area (Å²) >= 11 is 1.45. The Labute approximate surface area is 136 Å². The first-order chi connectivity index (χ1) is 11.2. The summed E-state index contributed by atoms with van der Waals surface area (Å²) in [6.07, 6.45) is 4.63. The molecule has 7 nitrogen and oxygen atoms in total. The van der Waals surface area contributed by atoms with Crippen molar-refractivity contribution in [1.29, 1.82) is 0 Å². The summed E-state index contributed by atoms with van der Waals surface area (Å²) in [4.78, 5) is 36.1. The summed E-state index contributed by atoms with van der Waals surface area (Å²) in [6, 6.07) is 0.138. The van der Waals surface area contributed by atoms with E-state index in [4.69, 9.17) is 5.11 Å². The lowest BCUT2D eigenvalue weighted by Crippen LogP contribution is -2.31. The maximum atomic E-state index is 12.3. The summed E-state index contributed by atoms with van der Waals surface area (Å²) in [5, 5.41) is 10.00. The van der Waals surface area contributed by atoms with Crippen molar-refractivity contribution in [2.45, 2.75) is 49.1 Å². The zero-order chi connectivity index (χ0) is 16.0. The highest BCUT2D eigenvalue weighted by atomic mass is 32.2. The second-order valence-electron chi connectivity index (χ2n) is 6.15. The van der Waals surface area contributed by atoms with Crippen molar-refractivity contribution in [2.75, 3.05) is 12.4 Å². The Balaban J connectivity index is 1.93. The number of thioether (sulfide) groups is 1. The highest BCUT2D eigenvalue weighted by Crippen LogP contribution is 2.40. The van der Waals surface area contributed by atoms with Crippen LogP contribution in [0.5, 0.6) is 0 Å². The van der Waals surface area contributed by atoms with Gasteiger partial charge in [-0.3, -0.25) is 14.3 Å². The summed E-state index contributed by atoms with van der Waals surface area (Å²) in [5.41, 5.74) is -0.322. The van der Waals surface area contributed by atoms with Crippen molar-refractivity contribution >= 4 is 22.8 Å². The number of nitrogens with zero attached hydrogens (tertiary/aromatic N) is 3. The summed E-state index contributed by atoms with van der Waals surface area (Å²) in [5.74, 6) is 1.76. The van der Waals surface area contributed by atoms with Crippen LogP contribution in [-0.4, -0.2) is 37.0 Å². The number of fused-ring (bicyclic) bond motifs is 1. The number of nitrogens with one attached hydrogen (secondary N) is 1. The third-order valence-electron chi connectivity index (χ3n) is 4.16. The monoisotopic (exact) mass is 334 g/mol. The van der Waals surface area contributed by atoms with E-state index in [0.717, 1.165) is 31.5 Å². The first-order valence-corrected chi connectivity index (χ1v) is 8.97. The number of aromatic amines is 1. The number of aliphatic hydroxyl groups is 1. The first-order valence-electron chi connectivity index (χ1n) is 7.99. The molecule has 0 aromatic carbocycles. The van der Waals surface area contributed by atoms with Gasteiger partial charge in [-0.1, -0.05) is 0 Å². The van der Waals surface area contributed by atoms with Gasteiger partial charge in [0.2, 0.25) is 0 Å². The molecule has 0 radical (unpaired) electrons. The van der Waals surface area contributed by atoms with Crippen molar-refractivity contribution in [3.05, 3.63) is 26.7 Å². The van der Waals surface area contributed by atoms with E-state index < -0.39 is 5.56 Å². The molecular weight excluding hydrogens is 316 g/mol. The van der Waals surface area contributed by atoms with E-state index in [1.54, 1.807) is 4.57 Å². The molecule has 2 aromatic rings. The molecule has 0 spiro atoms. The van der Waals surface area contributed by atoms with Crippen LogP contribution in [0.4, 0.5) is 0 Å². The van der Waals surface area contributed by atoms with Crippen LogP contribution in [0.2, 0.25) is 0 Å². The lowest BCUT2D eigenvalue weighted by atomic mass is 10.3. The minimum absolute atomic E-state index is 0.106. The smallest absolute Gasteiger partial charge is 0.330 e. The summed E-state index contributed by atoms with van der Waals surface area (Å²) in [7, 11) is 0. The number of hydrogen-bond donors (Lipinski definition) is 2. The molecule has 2 aliphatic rings. The molecule has 4 rings (SSSR count). The van der Waals surface area contributed by atoms with E-state index in [1.165, 1.54) is 11.8 Å². The molecule has 8 heteroatoms. The molecule has 2 fully saturated rings. The van der Waals surface area contributed by atoms with Gasteiger partial charge in [-0.2, -0.15) is 0 Å². The molecule has 2 saturated carbocycles. The third kappa shape index (κ3) is 2.81. The van der Waals surface area contributed by atoms with Gasteiger partial charge in [0.1, 0.15) is 16.2 Å². The maximum absolute atomic E-state index is 12.3. The number of H-pyrrole nitrogens is 1. The van der Waals surface area contributed by atoms with Gasteiger partial charge in [-0.25, -0.2) is 14.8 Å². The van der Waals surface area contributed by atoms with Gasteiger partial charge in [0.05, 0.1) is 0 Å². The Bertz CT molecular complexity index is 867. The van der Waals surface area contributed by atoms with Crippen molar-refractivity contribution in [3.8, 4) is 0 Å². The zero-order valence-corrected chi connectivity index (χ0v) is 13.4. The normalized spacial score (nSPS) is 17.8. The number of aliphatic hydroxyl groups excluding tert-OH is 1. The van der Waals surface area contributed by atoms with Crippen LogP contribution in [0.1, 0.15) is 49.9 Å². The fourth-order valence-electron chi connectivity index (χ4n) is 2.67. The SMILES string of the molecule is O=c1[nH]c(=O)n(C2CC2)c2nc(C3CC3)nc(SCCCO)c12. The Morgan fingerprint density at radius 2 is 2.00 bits per heavy atom. The highest BCUT2D eigenvalue weighted by molar-refractivity contribution is 7.99. The second kappa shape index (κ2) is 5.76. The Kier molecular flexibility index (Phi) is 3.73. The van der Waals surface area contributed by atoms with E-state index in [1.807, 2.05) is 0 Å². The second-order valence-corrected chi connectivity index (χ2v) is 7.23. The molecule has 0 unspecified atom stereocenters. The van der Waals surface area contributed by atoms with Gasteiger partial charge < -0.3 is 5.11 Å². The molecule has 0 amide bonds. The Hall–Kier alpha value is -1.67. The lowest BCUT2D eigenvalue weighted by Gasteiger charge is -2.11. The van der Waals surface area contributed by atoms with E-state index in [2.05, 4.69) is 15.0 Å². The molecule has 0 saturated heterocycles. The molecule has 0 atom stereocenters. The molecule has 2 N–H and O–H groups in total. The number of hydrogen-bond acceptors (Lipinski definition) is 6. The molecule has 2 heterocycles. The molecule has 0 aliphatic heterocycles.